The zero-order valence-corrected chi connectivity index (χ0v) is 12.6. The third-order valence-electron chi connectivity index (χ3n) is 4.00. The van der Waals surface area contributed by atoms with Crippen molar-refractivity contribution in [3.63, 3.8) is 0 Å². The lowest BCUT2D eigenvalue weighted by atomic mass is 10.0. The van der Waals surface area contributed by atoms with Gasteiger partial charge in [0.05, 0.1) is 0 Å². The summed E-state index contributed by atoms with van der Waals surface area (Å²) in [5, 5.41) is 0.678. The summed E-state index contributed by atoms with van der Waals surface area (Å²) in [6.45, 7) is 0.474. The predicted molar refractivity (Wildman–Crippen MR) is 87.5 cm³/mol. The monoisotopic (exact) mass is 308 g/mol. The topological polar surface area (TPSA) is 26.3 Å². The molecular formula is C19H13ClO2. The van der Waals surface area contributed by atoms with Crippen molar-refractivity contribution in [2.75, 3.05) is 6.61 Å². The molecule has 0 atom stereocenters. The van der Waals surface area contributed by atoms with Crippen molar-refractivity contribution < 1.29 is 9.53 Å². The molecule has 0 fully saturated rings. The summed E-state index contributed by atoms with van der Waals surface area (Å²) in [6.07, 6.45) is 4.68. The van der Waals surface area contributed by atoms with Crippen molar-refractivity contribution in [1.82, 2.24) is 0 Å². The fourth-order valence-corrected chi connectivity index (χ4v) is 3.12. The van der Waals surface area contributed by atoms with Crippen LogP contribution in [0.3, 0.4) is 0 Å². The van der Waals surface area contributed by atoms with Crippen LogP contribution in [0.5, 0.6) is 5.75 Å². The Morgan fingerprint density at radius 3 is 2.86 bits per heavy atom. The Kier molecular flexibility index (Phi) is 3.12. The fraction of sp³-hybridized carbons (Fsp3) is 0.105. The fourth-order valence-electron chi connectivity index (χ4n) is 2.94. The number of carbonyl (C=O) groups excluding carboxylic acids is 1. The molecule has 2 nitrogen and oxygen atoms in total. The average Bonchev–Trinajstić information content (AvgIpc) is 2.84. The van der Waals surface area contributed by atoms with Gasteiger partial charge in [0, 0.05) is 28.1 Å². The second-order valence-electron chi connectivity index (χ2n) is 5.52. The number of carbonyl (C=O) groups is 1. The van der Waals surface area contributed by atoms with Crippen LogP contribution < -0.4 is 4.74 Å². The van der Waals surface area contributed by atoms with Crippen LogP contribution in [0.1, 0.15) is 21.5 Å². The van der Waals surface area contributed by atoms with E-state index in [1.807, 2.05) is 54.6 Å². The molecule has 0 unspecified atom stereocenters. The van der Waals surface area contributed by atoms with E-state index in [0.29, 0.717) is 18.1 Å². The maximum absolute atomic E-state index is 12.4. The molecule has 1 aliphatic heterocycles. The quantitative estimate of drug-likeness (QED) is 0.726. The summed E-state index contributed by atoms with van der Waals surface area (Å²) in [4.78, 5) is 12.4. The van der Waals surface area contributed by atoms with Gasteiger partial charge in [-0.3, -0.25) is 4.79 Å². The molecule has 3 heteroatoms. The SMILES string of the molecule is O=C1/C(=C/C2=Cc3cc(Cl)ccc3OC2)Cc2ccccc21. The summed E-state index contributed by atoms with van der Waals surface area (Å²) in [7, 11) is 0. The number of rotatable bonds is 1. The molecule has 4 rings (SSSR count). The zero-order chi connectivity index (χ0) is 15.1. The number of allylic oxidation sites excluding steroid dienone is 1. The van der Waals surface area contributed by atoms with Crippen LogP contribution >= 0.6 is 11.6 Å². The van der Waals surface area contributed by atoms with E-state index in [2.05, 4.69) is 0 Å². The molecule has 0 N–H and O–H groups in total. The van der Waals surface area contributed by atoms with Crippen molar-refractivity contribution in [3.8, 4) is 5.75 Å². The molecule has 0 saturated carbocycles. The van der Waals surface area contributed by atoms with E-state index in [0.717, 1.165) is 33.6 Å². The molecule has 0 bridgehead atoms. The molecule has 0 aromatic heterocycles. The first kappa shape index (κ1) is 13.4. The van der Waals surface area contributed by atoms with E-state index in [1.54, 1.807) is 0 Å². The minimum atomic E-state index is 0.119. The average molecular weight is 309 g/mol. The number of halogens is 1. The summed E-state index contributed by atoms with van der Waals surface area (Å²) in [5.74, 6) is 0.945. The number of ether oxygens (including phenoxy) is 1. The van der Waals surface area contributed by atoms with Gasteiger partial charge < -0.3 is 4.74 Å². The van der Waals surface area contributed by atoms with Gasteiger partial charge >= 0.3 is 0 Å². The Bertz CT molecular complexity index is 846. The highest BCUT2D eigenvalue weighted by atomic mass is 35.5. The van der Waals surface area contributed by atoms with Gasteiger partial charge in [-0.2, -0.15) is 0 Å². The predicted octanol–water partition coefficient (Wildman–Crippen LogP) is 4.48. The number of fused-ring (bicyclic) bond motifs is 2. The molecule has 2 aromatic rings. The highest BCUT2D eigenvalue weighted by Gasteiger charge is 2.24. The third kappa shape index (κ3) is 2.26. The Labute approximate surface area is 133 Å². The molecule has 0 saturated heterocycles. The summed E-state index contributed by atoms with van der Waals surface area (Å²) < 4.78 is 5.73. The van der Waals surface area contributed by atoms with E-state index in [1.165, 1.54) is 0 Å². The Morgan fingerprint density at radius 1 is 1.14 bits per heavy atom. The second kappa shape index (κ2) is 5.15. The molecule has 2 aromatic carbocycles. The maximum atomic E-state index is 12.4. The van der Waals surface area contributed by atoms with Crippen LogP contribution in [0, 0.1) is 0 Å². The lowest BCUT2D eigenvalue weighted by molar-refractivity contribution is 0.103. The van der Waals surface area contributed by atoms with Crippen LogP contribution in [0.25, 0.3) is 6.08 Å². The number of hydrogen-bond acceptors (Lipinski definition) is 2. The van der Waals surface area contributed by atoms with Crippen molar-refractivity contribution in [2.45, 2.75) is 6.42 Å². The molecule has 0 amide bonds. The molecule has 0 radical (unpaired) electrons. The molecule has 22 heavy (non-hydrogen) atoms. The first-order chi connectivity index (χ1) is 10.7. The number of ketones is 1. The summed E-state index contributed by atoms with van der Waals surface area (Å²) >= 11 is 6.02. The van der Waals surface area contributed by atoms with E-state index < -0.39 is 0 Å². The Balaban J connectivity index is 1.69. The largest absolute Gasteiger partial charge is 0.488 e. The number of hydrogen-bond donors (Lipinski definition) is 0. The first-order valence-corrected chi connectivity index (χ1v) is 7.54. The molecule has 2 aliphatic rings. The first-order valence-electron chi connectivity index (χ1n) is 7.17. The Hall–Kier alpha value is -2.32. The van der Waals surface area contributed by atoms with Crippen molar-refractivity contribution in [1.29, 1.82) is 0 Å². The highest BCUT2D eigenvalue weighted by Crippen LogP contribution is 2.31. The zero-order valence-electron chi connectivity index (χ0n) is 11.8. The summed E-state index contributed by atoms with van der Waals surface area (Å²) in [5.41, 5.74) is 4.68. The van der Waals surface area contributed by atoms with Gasteiger partial charge in [-0.05, 0) is 41.5 Å². The normalized spacial score (nSPS) is 17.8. The minimum absolute atomic E-state index is 0.119. The van der Waals surface area contributed by atoms with Gasteiger partial charge in [0.2, 0.25) is 0 Å². The number of Topliss-reactive ketones (excluding diaryl/α,β-unsaturated/α-hetero) is 1. The molecule has 0 spiro atoms. The van der Waals surface area contributed by atoms with Gasteiger partial charge in [0.15, 0.2) is 5.78 Å². The van der Waals surface area contributed by atoms with E-state index in [9.17, 15) is 4.79 Å². The third-order valence-corrected chi connectivity index (χ3v) is 4.24. The van der Waals surface area contributed by atoms with E-state index >= 15 is 0 Å². The minimum Gasteiger partial charge on any atom is -0.488 e. The summed E-state index contributed by atoms with van der Waals surface area (Å²) in [6, 6.07) is 13.3. The van der Waals surface area contributed by atoms with Gasteiger partial charge in [-0.15, -0.1) is 0 Å². The van der Waals surface area contributed by atoms with E-state index in [4.69, 9.17) is 16.3 Å². The van der Waals surface area contributed by atoms with Crippen molar-refractivity contribution >= 4 is 23.5 Å². The van der Waals surface area contributed by atoms with Crippen LogP contribution in [-0.4, -0.2) is 12.4 Å². The van der Waals surface area contributed by atoms with Crippen LogP contribution in [0.4, 0.5) is 0 Å². The lowest BCUT2D eigenvalue weighted by Crippen LogP contribution is -2.07. The maximum Gasteiger partial charge on any atom is 0.189 e. The second-order valence-corrected chi connectivity index (χ2v) is 5.96. The van der Waals surface area contributed by atoms with E-state index in [-0.39, 0.29) is 5.78 Å². The molecular weight excluding hydrogens is 296 g/mol. The van der Waals surface area contributed by atoms with Crippen LogP contribution in [0.2, 0.25) is 5.02 Å². The standard InChI is InChI=1S/C19H13ClO2/c20-16-5-6-18-14(10-16)7-12(11-22-18)8-15-9-13-3-1-2-4-17(13)19(15)21/h1-8,10H,9,11H2/b15-8+. The van der Waals surface area contributed by atoms with Crippen LogP contribution in [0.15, 0.2) is 59.7 Å². The van der Waals surface area contributed by atoms with Gasteiger partial charge in [-0.1, -0.05) is 35.9 Å². The molecule has 108 valence electrons. The van der Waals surface area contributed by atoms with Gasteiger partial charge in [0.1, 0.15) is 12.4 Å². The van der Waals surface area contributed by atoms with Gasteiger partial charge in [-0.25, -0.2) is 0 Å². The Morgan fingerprint density at radius 2 is 2.00 bits per heavy atom. The highest BCUT2D eigenvalue weighted by molar-refractivity contribution is 6.30. The van der Waals surface area contributed by atoms with Gasteiger partial charge in [0.25, 0.3) is 0 Å². The molecule has 1 heterocycles. The lowest BCUT2D eigenvalue weighted by Gasteiger charge is -2.16. The number of benzene rings is 2. The van der Waals surface area contributed by atoms with Crippen LogP contribution in [-0.2, 0) is 6.42 Å². The molecule has 1 aliphatic carbocycles. The van der Waals surface area contributed by atoms with Crippen molar-refractivity contribution in [3.05, 3.63) is 81.4 Å². The smallest absolute Gasteiger partial charge is 0.189 e. The van der Waals surface area contributed by atoms with Crippen molar-refractivity contribution in [2.24, 2.45) is 0 Å².